The summed E-state index contributed by atoms with van der Waals surface area (Å²) >= 11 is 4.97. The first kappa shape index (κ1) is 12.6. The molecular weight excluding hydrogens is 382 g/mol. The molecule has 0 aliphatic rings. The van der Waals surface area contributed by atoms with Crippen LogP contribution >= 0.6 is 38.5 Å². The van der Waals surface area contributed by atoms with Crippen molar-refractivity contribution in [2.24, 2.45) is 0 Å². The maximum atomic E-state index is 13.3. The van der Waals surface area contributed by atoms with Gasteiger partial charge in [-0.2, -0.15) is 0 Å². The van der Waals surface area contributed by atoms with Gasteiger partial charge in [-0.05, 0) is 50.7 Å². The molecule has 0 spiro atoms. The predicted molar refractivity (Wildman–Crippen MR) is 63.2 cm³/mol. The van der Waals surface area contributed by atoms with Gasteiger partial charge in [0.1, 0.15) is 5.82 Å². The van der Waals surface area contributed by atoms with Gasteiger partial charge < -0.3 is 4.74 Å². The summed E-state index contributed by atoms with van der Waals surface area (Å²) in [5.41, 5.74) is -0.297. The third kappa shape index (κ3) is 2.54. The van der Waals surface area contributed by atoms with Crippen molar-refractivity contribution in [3.63, 3.8) is 0 Å². The fourth-order valence-corrected chi connectivity index (χ4v) is 1.88. The number of ketones is 1. The van der Waals surface area contributed by atoms with Crippen LogP contribution in [0.5, 0.6) is 0 Å². The number of esters is 1. The van der Waals surface area contributed by atoms with Crippen LogP contribution in [-0.2, 0) is 9.53 Å². The Morgan fingerprint density at radius 3 is 2.60 bits per heavy atom. The van der Waals surface area contributed by atoms with Crippen molar-refractivity contribution in [2.45, 2.75) is 0 Å². The number of carbonyl (C=O) groups is 2. The van der Waals surface area contributed by atoms with E-state index in [4.69, 9.17) is 0 Å². The van der Waals surface area contributed by atoms with Gasteiger partial charge in [0.2, 0.25) is 0 Å². The van der Waals surface area contributed by atoms with E-state index >= 15 is 0 Å². The number of halogens is 3. The Morgan fingerprint density at radius 1 is 1.47 bits per heavy atom. The molecule has 15 heavy (non-hydrogen) atoms. The lowest BCUT2D eigenvalue weighted by Crippen LogP contribution is -2.18. The van der Waals surface area contributed by atoms with Crippen molar-refractivity contribution in [1.82, 2.24) is 0 Å². The normalized spacial score (nSPS) is 9.87. The van der Waals surface area contributed by atoms with E-state index in [1.807, 2.05) is 22.6 Å². The lowest BCUT2D eigenvalue weighted by Gasteiger charge is -2.05. The third-order valence-electron chi connectivity index (χ3n) is 1.64. The summed E-state index contributed by atoms with van der Waals surface area (Å²) in [6.07, 6.45) is 0. The molecule has 0 N–H and O–H groups in total. The molecule has 0 unspecified atom stereocenters. The van der Waals surface area contributed by atoms with Gasteiger partial charge in [-0.25, -0.2) is 9.18 Å². The molecule has 0 aliphatic carbocycles. The van der Waals surface area contributed by atoms with E-state index in [9.17, 15) is 14.0 Å². The van der Waals surface area contributed by atoms with Gasteiger partial charge in [0.15, 0.2) is 0 Å². The summed E-state index contributed by atoms with van der Waals surface area (Å²) in [7, 11) is 1.07. The van der Waals surface area contributed by atoms with Gasteiger partial charge >= 0.3 is 5.97 Å². The van der Waals surface area contributed by atoms with Crippen molar-refractivity contribution in [2.75, 3.05) is 7.11 Å². The highest BCUT2D eigenvalue weighted by Crippen LogP contribution is 2.26. The largest absolute Gasteiger partial charge is 0.463 e. The first-order valence-electron chi connectivity index (χ1n) is 3.75. The molecule has 0 amide bonds. The van der Waals surface area contributed by atoms with Crippen LogP contribution in [0.2, 0.25) is 0 Å². The molecule has 6 heteroatoms. The van der Waals surface area contributed by atoms with Crippen LogP contribution in [0.4, 0.5) is 4.39 Å². The monoisotopic (exact) mass is 386 g/mol. The molecule has 3 nitrogen and oxygen atoms in total. The first-order chi connectivity index (χ1) is 6.99. The van der Waals surface area contributed by atoms with Crippen LogP contribution in [0.15, 0.2) is 16.6 Å². The van der Waals surface area contributed by atoms with E-state index in [1.54, 1.807) is 0 Å². The van der Waals surface area contributed by atoms with Crippen molar-refractivity contribution in [3.8, 4) is 0 Å². The summed E-state index contributed by atoms with van der Waals surface area (Å²) in [4.78, 5) is 22.4. The highest BCUT2D eigenvalue weighted by Gasteiger charge is 2.24. The number of ether oxygens (including phenoxy) is 1. The van der Waals surface area contributed by atoms with Crippen molar-refractivity contribution in [3.05, 3.63) is 31.6 Å². The summed E-state index contributed by atoms with van der Waals surface area (Å²) in [5, 5.41) is 0. The Balaban J connectivity index is 3.31. The Labute approximate surface area is 107 Å². The fourth-order valence-electron chi connectivity index (χ4n) is 0.930. The molecule has 0 radical (unpaired) electrons. The van der Waals surface area contributed by atoms with Gasteiger partial charge in [0.05, 0.1) is 12.7 Å². The zero-order valence-corrected chi connectivity index (χ0v) is 11.3. The smallest absolute Gasteiger partial charge is 0.379 e. The zero-order valence-electron chi connectivity index (χ0n) is 7.51. The van der Waals surface area contributed by atoms with Crippen LogP contribution in [0.25, 0.3) is 0 Å². The number of hydrogen-bond acceptors (Lipinski definition) is 3. The Morgan fingerprint density at radius 2 is 2.07 bits per heavy atom. The van der Waals surface area contributed by atoms with Gasteiger partial charge in [0, 0.05) is 8.04 Å². The number of Topliss-reactive ketones (excluding diaryl/α,β-unsaturated/α-hetero) is 1. The Kier molecular flexibility index (Phi) is 4.21. The molecule has 0 saturated heterocycles. The number of methoxy groups -OCH3 is 1. The van der Waals surface area contributed by atoms with E-state index in [0.29, 0.717) is 3.57 Å². The first-order valence-corrected chi connectivity index (χ1v) is 5.62. The quantitative estimate of drug-likeness (QED) is 0.258. The van der Waals surface area contributed by atoms with E-state index < -0.39 is 17.6 Å². The van der Waals surface area contributed by atoms with Gasteiger partial charge in [-0.3, -0.25) is 4.79 Å². The van der Waals surface area contributed by atoms with Crippen molar-refractivity contribution >= 4 is 50.3 Å². The molecule has 0 heterocycles. The summed E-state index contributed by atoms with van der Waals surface area (Å²) in [6, 6.07) is 2.62. The number of hydrogen-bond donors (Lipinski definition) is 0. The summed E-state index contributed by atoms with van der Waals surface area (Å²) < 4.78 is 18.5. The van der Waals surface area contributed by atoms with Gasteiger partial charge in [-0.1, -0.05) is 0 Å². The van der Waals surface area contributed by atoms with E-state index in [1.165, 1.54) is 6.07 Å². The molecule has 1 rings (SSSR count). The number of carbonyl (C=O) groups excluding carboxylic acids is 2. The lowest BCUT2D eigenvalue weighted by atomic mass is 10.1. The van der Waals surface area contributed by atoms with E-state index in [0.717, 1.165) is 13.2 Å². The summed E-state index contributed by atoms with van der Waals surface area (Å²) in [6.45, 7) is 0. The minimum Gasteiger partial charge on any atom is -0.463 e. The lowest BCUT2D eigenvalue weighted by molar-refractivity contribution is -0.135. The van der Waals surface area contributed by atoms with Crippen LogP contribution < -0.4 is 0 Å². The minimum atomic E-state index is -1.09. The zero-order chi connectivity index (χ0) is 11.6. The van der Waals surface area contributed by atoms with Gasteiger partial charge in [-0.15, -0.1) is 0 Å². The maximum Gasteiger partial charge on any atom is 0.379 e. The predicted octanol–water partition coefficient (Wildman–Crippen LogP) is 2.55. The molecule has 1 aromatic rings. The molecule has 0 aliphatic heterocycles. The Bertz CT molecular complexity index is 434. The maximum absolute atomic E-state index is 13.3. The van der Waals surface area contributed by atoms with Crippen LogP contribution in [-0.4, -0.2) is 18.9 Å². The second kappa shape index (κ2) is 5.02. The molecule has 0 atom stereocenters. The third-order valence-corrected chi connectivity index (χ3v) is 4.11. The molecule has 1 aromatic carbocycles. The SMILES string of the molecule is COC(=O)C(=O)c1c(F)ccc(I)c1Br. The highest BCUT2D eigenvalue weighted by atomic mass is 127. The molecule has 0 aromatic heterocycles. The fraction of sp³-hybridized carbons (Fsp3) is 0.111. The topological polar surface area (TPSA) is 43.4 Å². The van der Waals surface area contributed by atoms with E-state index in [2.05, 4.69) is 20.7 Å². The van der Waals surface area contributed by atoms with Crippen molar-refractivity contribution in [1.29, 1.82) is 0 Å². The van der Waals surface area contributed by atoms with Crippen LogP contribution in [0, 0.1) is 9.39 Å². The van der Waals surface area contributed by atoms with Gasteiger partial charge in [0.25, 0.3) is 5.78 Å². The van der Waals surface area contributed by atoms with Crippen LogP contribution in [0.3, 0.4) is 0 Å². The van der Waals surface area contributed by atoms with Crippen LogP contribution in [0.1, 0.15) is 10.4 Å². The van der Waals surface area contributed by atoms with E-state index in [-0.39, 0.29) is 10.0 Å². The van der Waals surface area contributed by atoms with Crippen molar-refractivity contribution < 1.29 is 18.7 Å². The number of rotatable bonds is 2. The second-order valence-electron chi connectivity index (χ2n) is 2.54. The molecule has 80 valence electrons. The standard InChI is InChI=1S/C9H5BrFIO3/c1-15-9(14)8(13)6-4(11)2-3-5(12)7(6)10/h2-3H,1H3. The number of benzene rings is 1. The average Bonchev–Trinajstić information content (AvgIpc) is 2.22. The average molecular weight is 387 g/mol. The summed E-state index contributed by atoms with van der Waals surface area (Å²) in [5.74, 6) is -2.84. The highest BCUT2D eigenvalue weighted by molar-refractivity contribution is 14.1. The molecular formula is C9H5BrFIO3. The molecule has 0 saturated carbocycles. The minimum absolute atomic E-state index is 0.263. The Hall–Kier alpha value is -0.500. The molecule has 0 fully saturated rings. The second-order valence-corrected chi connectivity index (χ2v) is 4.49. The molecule has 0 bridgehead atoms.